The maximum Gasteiger partial charge on any atom is 0.251 e. The van der Waals surface area contributed by atoms with Gasteiger partial charge < -0.3 is 10.1 Å². The molecule has 2 aromatic rings. The zero-order valence-corrected chi connectivity index (χ0v) is 14.1. The molecule has 22 heavy (non-hydrogen) atoms. The fourth-order valence-electron chi connectivity index (χ4n) is 2.32. The smallest absolute Gasteiger partial charge is 0.251 e. The summed E-state index contributed by atoms with van der Waals surface area (Å²) in [7, 11) is 1.63. The Balaban J connectivity index is 1.92. The van der Waals surface area contributed by atoms with Gasteiger partial charge in [0.05, 0.1) is 17.3 Å². The van der Waals surface area contributed by atoms with Crippen molar-refractivity contribution in [3.05, 3.63) is 51.0 Å². The summed E-state index contributed by atoms with van der Waals surface area (Å²) in [5.74, 6) is -0.0587. The first-order valence-corrected chi connectivity index (χ1v) is 8.27. The molecule has 1 N–H and O–H groups in total. The number of nitrogens with zero attached hydrogens (tertiary/aromatic N) is 1. The van der Waals surface area contributed by atoms with Gasteiger partial charge in [-0.1, -0.05) is 25.1 Å². The number of rotatable bonds is 7. The second-order valence-electron chi connectivity index (χ2n) is 5.06. The molecule has 0 aliphatic heterocycles. The van der Waals surface area contributed by atoms with E-state index in [0.717, 1.165) is 29.1 Å². The van der Waals surface area contributed by atoms with Gasteiger partial charge >= 0.3 is 0 Å². The minimum atomic E-state index is -0.0587. The lowest BCUT2D eigenvalue weighted by molar-refractivity contribution is 0.0949. The number of hydrogen-bond donors (Lipinski definition) is 1. The number of benzene rings is 1. The molecule has 0 bridgehead atoms. The number of carbonyl (C=O) groups excluding carboxylic acids is 1. The van der Waals surface area contributed by atoms with Crippen LogP contribution in [0.1, 0.15) is 38.4 Å². The highest BCUT2D eigenvalue weighted by atomic mass is 32.1. The molecular weight excluding hydrogens is 296 g/mol. The first-order chi connectivity index (χ1) is 10.7. The lowest BCUT2D eigenvalue weighted by Gasteiger charge is -2.09. The molecule has 0 unspecified atom stereocenters. The molecule has 0 aliphatic rings. The van der Waals surface area contributed by atoms with Crippen molar-refractivity contribution in [2.24, 2.45) is 0 Å². The van der Waals surface area contributed by atoms with Crippen molar-refractivity contribution in [2.45, 2.75) is 33.3 Å². The number of aromatic nitrogens is 1. The van der Waals surface area contributed by atoms with Crippen molar-refractivity contribution in [3.8, 4) is 0 Å². The molecule has 0 aliphatic carbocycles. The number of aryl methyl sites for hydroxylation is 2. The van der Waals surface area contributed by atoms with Crippen LogP contribution < -0.4 is 5.32 Å². The molecule has 0 atom stereocenters. The predicted octanol–water partition coefficient (Wildman–Crippen LogP) is 3.13. The van der Waals surface area contributed by atoms with Crippen molar-refractivity contribution < 1.29 is 9.53 Å². The summed E-state index contributed by atoms with van der Waals surface area (Å²) in [6, 6.07) is 7.52. The van der Waals surface area contributed by atoms with Gasteiger partial charge in [0.15, 0.2) is 0 Å². The van der Waals surface area contributed by atoms with Crippen LogP contribution in [0.3, 0.4) is 0 Å². The Kier molecular flexibility index (Phi) is 6.10. The summed E-state index contributed by atoms with van der Waals surface area (Å²) in [5.41, 5.74) is 2.74. The van der Waals surface area contributed by atoms with E-state index >= 15 is 0 Å². The summed E-state index contributed by atoms with van der Waals surface area (Å²) < 4.78 is 5.13. The molecule has 2 rings (SSSR count). The summed E-state index contributed by atoms with van der Waals surface area (Å²) >= 11 is 1.72. The van der Waals surface area contributed by atoms with Crippen molar-refractivity contribution in [2.75, 3.05) is 13.7 Å². The lowest BCUT2D eigenvalue weighted by Crippen LogP contribution is -2.26. The zero-order valence-electron chi connectivity index (χ0n) is 13.3. The van der Waals surface area contributed by atoms with Crippen molar-refractivity contribution in [1.82, 2.24) is 10.3 Å². The van der Waals surface area contributed by atoms with Gasteiger partial charge in [-0.3, -0.25) is 4.79 Å². The van der Waals surface area contributed by atoms with Crippen LogP contribution in [-0.2, 0) is 24.2 Å². The van der Waals surface area contributed by atoms with Crippen LogP contribution in [0.2, 0.25) is 0 Å². The summed E-state index contributed by atoms with van der Waals surface area (Å²) in [6.07, 6.45) is 1.72. The van der Waals surface area contributed by atoms with E-state index in [1.165, 1.54) is 4.88 Å². The van der Waals surface area contributed by atoms with Crippen LogP contribution in [0.5, 0.6) is 0 Å². The number of hydrogen-bond acceptors (Lipinski definition) is 4. The second-order valence-corrected chi connectivity index (χ2v) is 6.35. The summed E-state index contributed by atoms with van der Waals surface area (Å²) in [6.45, 7) is 5.24. The molecule has 118 valence electrons. The number of nitrogens with one attached hydrogen (secondary N) is 1. The largest absolute Gasteiger partial charge is 0.380 e. The highest BCUT2D eigenvalue weighted by molar-refractivity contribution is 7.11. The van der Waals surface area contributed by atoms with Gasteiger partial charge in [0.25, 0.3) is 5.91 Å². The van der Waals surface area contributed by atoms with Crippen LogP contribution in [0.4, 0.5) is 0 Å². The normalized spacial score (nSPS) is 10.7. The van der Waals surface area contributed by atoms with E-state index in [0.29, 0.717) is 18.7 Å². The van der Waals surface area contributed by atoms with Gasteiger partial charge in [-0.2, -0.15) is 0 Å². The highest BCUT2D eigenvalue weighted by Gasteiger charge is 2.11. The Morgan fingerprint density at radius 2 is 2.14 bits per heavy atom. The van der Waals surface area contributed by atoms with Crippen LogP contribution >= 0.6 is 11.3 Å². The van der Waals surface area contributed by atoms with Gasteiger partial charge in [-0.15, -0.1) is 11.3 Å². The van der Waals surface area contributed by atoms with Crippen LogP contribution in [-0.4, -0.2) is 24.5 Å². The number of thiazole rings is 1. The molecular formula is C17H22N2O2S. The molecule has 1 heterocycles. The van der Waals surface area contributed by atoms with Gasteiger partial charge in [-0.05, 0) is 25.0 Å². The molecule has 1 amide bonds. The Hall–Kier alpha value is -1.72. The minimum absolute atomic E-state index is 0.0587. The van der Waals surface area contributed by atoms with Gasteiger partial charge in [0.2, 0.25) is 0 Å². The Morgan fingerprint density at radius 1 is 1.36 bits per heavy atom. The standard InChI is InChI=1S/C17H22N2O2S/c1-4-15-12(2)22-16(19-15)9-10-18-17(20)14-8-6-5-7-13(14)11-21-3/h5-8H,4,9-11H2,1-3H3,(H,18,20). The predicted molar refractivity (Wildman–Crippen MR) is 89.4 cm³/mol. The minimum Gasteiger partial charge on any atom is -0.380 e. The van der Waals surface area contributed by atoms with Crippen molar-refractivity contribution >= 4 is 17.2 Å². The first kappa shape index (κ1) is 16.6. The van der Waals surface area contributed by atoms with Gasteiger partial charge in [0.1, 0.15) is 0 Å². The fraction of sp³-hybridized carbons (Fsp3) is 0.412. The molecule has 1 aromatic heterocycles. The molecule has 0 spiro atoms. The van der Waals surface area contributed by atoms with Crippen molar-refractivity contribution in [3.63, 3.8) is 0 Å². The quantitative estimate of drug-likeness (QED) is 0.853. The fourth-order valence-corrected chi connectivity index (χ4v) is 3.35. The zero-order chi connectivity index (χ0) is 15.9. The van der Waals surface area contributed by atoms with Gasteiger partial charge in [0, 0.05) is 30.5 Å². The van der Waals surface area contributed by atoms with E-state index in [4.69, 9.17) is 4.74 Å². The number of ether oxygens (including phenoxy) is 1. The average Bonchev–Trinajstić information content (AvgIpc) is 2.88. The average molecular weight is 318 g/mol. The lowest BCUT2D eigenvalue weighted by atomic mass is 10.1. The molecule has 5 heteroatoms. The Bertz CT molecular complexity index is 637. The molecule has 0 radical (unpaired) electrons. The maximum atomic E-state index is 12.3. The molecule has 0 saturated carbocycles. The van der Waals surface area contributed by atoms with E-state index in [2.05, 4.69) is 24.1 Å². The third-order valence-electron chi connectivity index (χ3n) is 3.46. The summed E-state index contributed by atoms with van der Waals surface area (Å²) in [4.78, 5) is 18.1. The van der Waals surface area contributed by atoms with Gasteiger partial charge in [-0.25, -0.2) is 4.98 Å². The van der Waals surface area contributed by atoms with E-state index < -0.39 is 0 Å². The molecule has 1 aromatic carbocycles. The van der Waals surface area contributed by atoms with E-state index in [9.17, 15) is 4.79 Å². The van der Waals surface area contributed by atoms with Crippen LogP contribution in [0, 0.1) is 6.92 Å². The van der Waals surface area contributed by atoms with Crippen molar-refractivity contribution in [1.29, 1.82) is 0 Å². The topological polar surface area (TPSA) is 51.2 Å². The Labute approximate surface area is 135 Å². The van der Waals surface area contributed by atoms with Crippen LogP contribution in [0.25, 0.3) is 0 Å². The third-order valence-corrected chi connectivity index (χ3v) is 4.53. The maximum absolute atomic E-state index is 12.3. The highest BCUT2D eigenvalue weighted by Crippen LogP contribution is 2.18. The molecule has 4 nitrogen and oxygen atoms in total. The first-order valence-electron chi connectivity index (χ1n) is 7.46. The second kappa shape index (κ2) is 8.06. The number of carbonyl (C=O) groups is 1. The number of methoxy groups -OCH3 is 1. The number of amides is 1. The van der Waals surface area contributed by atoms with Crippen LogP contribution in [0.15, 0.2) is 24.3 Å². The third kappa shape index (κ3) is 4.15. The van der Waals surface area contributed by atoms with E-state index in [1.54, 1.807) is 18.4 Å². The monoisotopic (exact) mass is 318 g/mol. The van der Waals surface area contributed by atoms with E-state index in [1.807, 2.05) is 24.3 Å². The molecule has 0 fully saturated rings. The van der Waals surface area contributed by atoms with E-state index in [-0.39, 0.29) is 5.91 Å². The molecule has 0 saturated heterocycles. The SMILES string of the molecule is CCc1nc(CCNC(=O)c2ccccc2COC)sc1C. The Morgan fingerprint density at radius 3 is 2.82 bits per heavy atom. The summed E-state index contributed by atoms with van der Waals surface area (Å²) in [5, 5.41) is 4.05.